The van der Waals surface area contributed by atoms with Crippen molar-refractivity contribution in [2.75, 3.05) is 19.6 Å². The summed E-state index contributed by atoms with van der Waals surface area (Å²) >= 11 is 0. The molecule has 1 aliphatic carbocycles. The summed E-state index contributed by atoms with van der Waals surface area (Å²) in [7, 11) is 0. The van der Waals surface area contributed by atoms with E-state index in [1.807, 2.05) is 0 Å². The van der Waals surface area contributed by atoms with Gasteiger partial charge >= 0.3 is 0 Å². The van der Waals surface area contributed by atoms with Crippen LogP contribution in [-0.2, 0) is 0 Å². The van der Waals surface area contributed by atoms with Crippen molar-refractivity contribution in [3.05, 3.63) is 0 Å². The lowest BCUT2D eigenvalue weighted by molar-refractivity contribution is 0.139. The molecule has 1 saturated carbocycles. The van der Waals surface area contributed by atoms with Crippen LogP contribution in [0.5, 0.6) is 0 Å². The minimum absolute atomic E-state index is 0.496. The fourth-order valence-corrected chi connectivity index (χ4v) is 2.95. The molecule has 0 aromatic carbocycles. The first-order chi connectivity index (χ1) is 8.26. The molecule has 2 rings (SSSR count). The quantitative estimate of drug-likeness (QED) is 0.606. The Hall–Kier alpha value is -0.730. The molecule has 0 bridgehead atoms. The molecule has 0 aromatic rings. The molecule has 2 N–H and O–H groups in total. The minimum atomic E-state index is 0.496. The van der Waals surface area contributed by atoms with Gasteiger partial charge in [-0.15, -0.1) is 0 Å². The average molecular weight is 237 g/mol. The maximum Gasteiger partial charge on any atom is 0.191 e. The van der Waals surface area contributed by atoms with E-state index in [1.165, 1.54) is 51.4 Å². The van der Waals surface area contributed by atoms with Crippen LogP contribution in [0.2, 0.25) is 0 Å². The van der Waals surface area contributed by atoms with Gasteiger partial charge in [-0.25, -0.2) is 0 Å². The van der Waals surface area contributed by atoms with Crippen LogP contribution >= 0.6 is 0 Å². The molecule has 2 fully saturated rings. The van der Waals surface area contributed by atoms with E-state index in [1.54, 1.807) is 0 Å². The third-order valence-electron chi connectivity index (χ3n) is 4.67. The predicted molar refractivity (Wildman–Crippen MR) is 73.1 cm³/mol. The number of nitrogens with zero attached hydrogens (tertiary/aromatic N) is 2. The van der Waals surface area contributed by atoms with Crippen molar-refractivity contribution in [2.45, 2.75) is 58.3 Å². The summed E-state index contributed by atoms with van der Waals surface area (Å²) in [4.78, 5) is 6.96. The van der Waals surface area contributed by atoms with Crippen molar-refractivity contribution < 1.29 is 0 Å². The highest BCUT2D eigenvalue weighted by molar-refractivity contribution is 5.78. The van der Waals surface area contributed by atoms with Crippen LogP contribution in [0.15, 0.2) is 4.99 Å². The Kier molecular flexibility index (Phi) is 4.30. The molecule has 98 valence electrons. The van der Waals surface area contributed by atoms with Gasteiger partial charge in [0.1, 0.15) is 0 Å². The van der Waals surface area contributed by atoms with E-state index in [2.05, 4.69) is 16.8 Å². The molecular weight excluding hydrogens is 210 g/mol. The van der Waals surface area contributed by atoms with Crippen LogP contribution in [0.1, 0.15) is 58.3 Å². The molecule has 0 radical (unpaired) electrons. The zero-order valence-electron chi connectivity index (χ0n) is 11.2. The molecule has 3 nitrogen and oxygen atoms in total. The van der Waals surface area contributed by atoms with E-state index in [9.17, 15) is 0 Å². The summed E-state index contributed by atoms with van der Waals surface area (Å²) in [5.74, 6) is 0.798. The van der Waals surface area contributed by atoms with Gasteiger partial charge in [0.25, 0.3) is 0 Å². The van der Waals surface area contributed by atoms with Crippen molar-refractivity contribution in [3.8, 4) is 0 Å². The second-order valence-corrected chi connectivity index (χ2v) is 5.78. The van der Waals surface area contributed by atoms with Gasteiger partial charge in [0.2, 0.25) is 0 Å². The van der Waals surface area contributed by atoms with Crippen LogP contribution < -0.4 is 5.73 Å². The highest BCUT2D eigenvalue weighted by atomic mass is 15.2. The van der Waals surface area contributed by atoms with Crippen molar-refractivity contribution in [3.63, 3.8) is 0 Å². The van der Waals surface area contributed by atoms with Crippen molar-refractivity contribution >= 4 is 5.96 Å². The molecule has 17 heavy (non-hydrogen) atoms. The fourth-order valence-electron chi connectivity index (χ4n) is 2.95. The van der Waals surface area contributed by atoms with Crippen LogP contribution in [-0.4, -0.2) is 30.5 Å². The first-order valence-electron chi connectivity index (χ1n) is 7.31. The smallest absolute Gasteiger partial charge is 0.191 e. The molecule has 0 aromatic heterocycles. The first-order valence-corrected chi connectivity index (χ1v) is 7.31. The van der Waals surface area contributed by atoms with Gasteiger partial charge in [-0.2, -0.15) is 0 Å². The molecule has 1 heterocycles. The Bertz CT molecular complexity index is 255. The Morgan fingerprint density at radius 3 is 2.24 bits per heavy atom. The van der Waals surface area contributed by atoms with Crippen molar-refractivity contribution in [1.29, 1.82) is 0 Å². The summed E-state index contributed by atoms with van der Waals surface area (Å²) in [5, 5.41) is 0. The number of guanidine groups is 1. The summed E-state index contributed by atoms with van der Waals surface area (Å²) in [6.07, 6.45) is 10.6. The lowest BCUT2D eigenvalue weighted by atomic mass is 9.67. The topological polar surface area (TPSA) is 41.6 Å². The second kappa shape index (κ2) is 5.74. The number of hydrogen-bond donors (Lipinski definition) is 1. The second-order valence-electron chi connectivity index (χ2n) is 5.78. The monoisotopic (exact) mass is 237 g/mol. The van der Waals surface area contributed by atoms with Crippen molar-refractivity contribution in [2.24, 2.45) is 16.1 Å². The molecule has 1 aliphatic heterocycles. The van der Waals surface area contributed by atoms with E-state index >= 15 is 0 Å². The summed E-state index contributed by atoms with van der Waals surface area (Å²) < 4.78 is 0. The Morgan fingerprint density at radius 2 is 1.76 bits per heavy atom. The molecular formula is C14H27N3. The van der Waals surface area contributed by atoms with Crippen LogP contribution in [0.25, 0.3) is 0 Å². The largest absolute Gasteiger partial charge is 0.370 e. The standard InChI is InChI=1S/C14H27N3/c1-2-14(8-7-9-14)12-16-13(15)17-10-5-3-4-6-11-17/h2-12H2,1H3,(H2,15,16). The van der Waals surface area contributed by atoms with Crippen LogP contribution in [0, 0.1) is 5.41 Å². The lowest BCUT2D eigenvalue weighted by Crippen LogP contribution is -2.40. The molecule has 2 aliphatic rings. The van der Waals surface area contributed by atoms with E-state index in [0.29, 0.717) is 5.41 Å². The molecule has 1 saturated heterocycles. The number of likely N-dealkylation sites (tertiary alicyclic amines) is 1. The molecule has 0 spiro atoms. The van der Waals surface area contributed by atoms with Gasteiger partial charge in [0.05, 0.1) is 0 Å². The maximum absolute atomic E-state index is 6.13. The zero-order chi connectivity index (χ0) is 12.1. The Morgan fingerprint density at radius 1 is 1.12 bits per heavy atom. The van der Waals surface area contributed by atoms with Gasteiger partial charge in [0, 0.05) is 19.6 Å². The Labute approximate surface area is 105 Å². The third-order valence-corrected chi connectivity index (χ3v) is 4.67. The van der Waals surface area contributed by atoms with Crippen LogP contribution in [0.4, 0.5) is 0 Å². The fraction of sp³-hybridized carbons (Fsp3) is 0.929. The van der Waals surface area contributed by atoms with Gasteiger partial charge in [-0.3, -0.25) is 4.99 Å². The summed E-state index contributed by atoms with van der Waals surface area (Å²) in [5.41, 5.74) is 6.63. The van der Waals surface area contributed by atoms with E-state index in [0.717, 1.165) is 25.6 Å². The highest BCUT2D eigenvalue weighted by Crippen LogP contribution is 2.43. The summed E-state index contributed by atoms with van der Waals surface area (Å²) in [6, 6.07) is 0. The lowest BCUT2D eigenvalue weighted by Gasteiger charge is -2.40. The average Bonchev–Trinajstić information content (AvgIpc) is 2.56. The molecule has 0 amide bonds. The van der Waals surface area contributed by atoms with Crippen LogP contribution in [0.3, 0.4) is 0 Å². The van der Waals surface area contributed by atoms with E-state index < -0.39 is 0 Å². The SMILES string of the molecule is CCC1(CN=C(N)N2CCCCCC2)CCC1. The van der Waals surface area contributed by atoms with Gasteiger partial charge in [-0.1, -0.05) is 26.2 Å². The Balaban J connectivity index is 1.86. The predicted octanol–water partition coefficient (Wildman–Crippen LogP) is 2.76. The number of aliphatic imine (C=N–C) groups is 1. The number of nitrogens with two attached hydrogens (primary N) is 1. The van der Waals surface area contributed by atoms with E-state index in [4.69, 9.17) is 5.73 Å². The molecule has 0 unspecified atom stereocenters. The van der Waals surface area contributed by atoms with Gasteiger partial charge < -0.3 is 10.6 Å². The highest BCUT2D eigenvalue weighted by Gasteiger charge is 2.34. The molecule has 3 heteroatoms. The van der Waals surface area contributed by atoms with Crippen molar-refractivity contribution in [1.82, 2.24) is 4.90 Å². The normalized spacial score (nSPS) is 25.2. The van der Waals surface area contributed by atoms with Gasteiger partial charge in [-0.05, 0) is 37.5 Å². The third kappa shape index (κ3) is 3.14. The first kappa shape index (κ1) is 12.7. The molecule has 0 atom stereocenters. The summed E-state index contributed by atoms with van der Waals surface area (Å²) in [6.45, 7) is 5.45. The number of hydrogen-bond acceptors (Lipinski definition) is 1. The maximum atomic E-state index is 6.13. The zero-order valence-corrected chi connectivity index (χ0v) is 11.2. The number of rotatable bonds is 3. The minimum Gasteiger partial charge on any atom is -0.370 e. The van der Waals surface area contributed by atoms with E-state index in [-0.39, 0.29) is 0 Å². The van der Waals surface area contributed by atoms with Gasteiger partial charge in [0.15, 0.2) is 5.96 Å².